The van der Waals surface area contributed by atoms with Crippen LogP contribution in [0.3, 0.4) is 0 Å². The van der Waals surface area contributed by atoms with Gasteiger partial charge in [-0.1, -0.05) is 31.0 Å². The average molecular weight is 274 g/mol. The molecule has 1 fully saturated rings. The molecule has 0 spiro atoms. The molecule has 3 heteroatoms. The van der Waals surface area contributed by atoms with Crippen LogP contribution in [-0.2, 0) is 6.54 Å². The van der Waals surface area contributed by atoms with Crippen LogP contribution in [-0.4, -0.2) is 31.1 Å². The number of para-hydroxylation sites is 1. The van der Waals surface area contributed by atoms with Crippen LogP contribution in [0.1, 0.15) is 31.2 Å². The first-order valence-electron chi connectivity index (χ1n) is 8.00. The van der Waals surface area contributed by atoms with Gasteiger partial charge in [0, 0.05) is 25.2 Å². The lowest BCUT2D eigenvalue weighted by Gasteiger charge is -2.34. The van der Waals surface area contributed by atoms with Crippen LogP contribution in [0.25, 0.3) is 0 Å². The molecular weight excluding hydrogens is 248 g/mol. The van der Waals surface area contributed by atoms with Gasteiger partial charge in [-0.05, 0) is 37.3 Å². The third-order valence-corrected chi connectivity index (χ3v) is 4.89. The van der Waals surface area contributed by atoms with E-state index in [9.17, 15) is 0 Å². The molecule has 20 heavy (non-hydrogen) atoms. The highest BCUT2D eigenvalue weighted by Gasteiger charge is 2.26. The van der Waals surface area contributed by atoms with Crippen molar-refractivity contribution in [3.8, 4) is 5.75 Å². The Morgan fingerprint density at radius 2 is 1.95 bits per heavy atom. The van der Waals surface area contributed by atoms with Gasteiger partial charge in [-0.2, -0.15) is 0 Å². The summed E-state index contributed by atoms with van der Waals surface area (Å²) in [5.74, 6) is 2.57. The zero-order valence-corrected chi connectivity index (χ0v) is 12.3. The summed E-state index contributed by atoms with van der Waals surface area (Å²) < 4.78 is 5.85. The summed E-state index contributed by atoms with van der Waals surface area (Å²) in [5, 5.41) is 0. The molecule has 1 heterocycles. The number of hydrogen-bond acceptors (Lipinski definition) is 3. The van der Waals surface area contributed by atoms with Gasteiger partial charge in [-0.3, -0.25) is 4.90 Å². The number of fused-ring (bicyclic) bond motifs is 1. The second-order valence-electron chi connectivity index (χ2n) is 6.23. The van der Waals surface area contributed by atoms with E-state index in [1.54, 1.807) is 0 Å². The van der Waals surface area contributed by atoms with E-state index in [-0.39, 0.29) is 0 Å². The Kier molecular flexibility index (Phi) is 4.58. The fourth-order valence-electron chi connectivity index (χ4n) is 3.70. The smallest absolute Gasteiger partial charge is 0.123 e. The summed E-state index contributed by atoms with van der Waals surface area (Å²) in [6.45, 7) is 4.88. The molecule has 1 aromatic carbocycles. The van der Waals surface area contributed by atoms with Gasteiger partial charge in [0.15, 0.2) is 0 Å². The highest BCUT2D eigenvalue weighted by Crippen LogP contribution is 2.31. The zero-order chi connectivity index (χ0) is 13.8. The van der Waals surface area contributed by atoms with E-state index in [1.165, 1.54) is 37.8 Å². The zero-order valence-electron chi connectivity index (χ0n) is 12.3. The molecule has 2 N–H and O–H groups in total. The lowest BCUT2D eigenvalue weighted by Crippen LogP contribution is -2.37. The van der Waals surface area contributed by atoms with Gasteiger partial charge in [0.25, 0.3) is 0 Å². The van der Waals surface area contributed by atoms with E-state index in [1.807, 2.05) is 0 Å². The lowest BCUT2D eigenvalue weighted by atomic mass is 9.79. The van der Waals surface area contributed by atoms with Crippen molar-refractivity contribution in [2.75, 3.05) is 26.2 Å². The molecule has 2 aliphatic rings. The standard InChI is InChI=1S/C17H26N2O/c18-11-14-5-1-2-6-15(14)12-19-9-10-20-17-8-4-3-7-16(17)13-19/h3-4,7-8,14-15H,1-2,5-6,9-13,18H2. The van der Waals surface area contributed by atoms with E-state index >= 15 is 0 Å². The Morgan fingerprint density at radius 3 is 2.80 bits per heavy atom. The summed E-state index contributed by atoms with van der Waals surface area (Å²) in [5.41, 5.74) is 7.29. The van der Waals surface area contributed by atoms with Crippen LogP contribution in [0, 0.1) is 11.8 Å². The molecule has 1 aromatic rings. The highest BCUT2D eigenvalue weighted by atomic mass is 16.5. The van der Waals surface area contributed by atoms with E-state index in [0.717, 1.165) is 43.8 Å². The number of nitrogens with zero attached hydrogens (tertiary/aromatic N) is 1. The maximum absolute atomic E-state index is 5.96. The van der Waals surface area contributed by atoms with Gasteiger partial charge >= 0.3 is 0 Å². The minimum absolute atomic E-state index is 0.725. The first-order valence-corrected chi connectivity index (χ1v) is 8.00. The minimum Gasteiger partial charge on any atom is -0.492 e. The summed E-state index contributed by atoms with van der Waals surface area (Å²) in [7, 11) is 0. The van der Waals surface area contributed by atoms with Crippen LogP contribution in [0.2, 0.25) is 0 Å². The van der Waals surface area contributed by atoms with Gasteiger partial charge in [-0.25, -0.2) is 0 Å². The summed E-state index contributed by atoms with van der Waals surface area (Å²) in [6, 6.07) is 8.44. The Labute approximate surface area is 122 Å². The molecule has 3 rings (SSSR count). The molecule has 110 valence electrons. The van der Waals surface area contributed by atoms with Crippen molar-refractivity contribution < 1.29 is 4.74 Å². The molecule has 0 aromatic heterocycles. The molecule has 0 amide bonds. The van der Waals surface area contributed by atoms with Gasteiger partial charge in [-0.15, -0.1) is 0 Å². The van der Waals surface area contributed by atoms with Crippen molar-refractivity contribution in [1.29, 1.82) is 0 Å². The largest absolute Gasteiger partial charge is 0.492 e. The number of ether oxygens (including phenoxy) is 1. The second-order valence-corrected chi connectivity index (χ2v) is 6.23. The summed E-state index contributed by atoms with van der Waals surface area (Å²) >= 11 is 0. The van der Waals surface area contributed by atoms with Gasteiger partial charge in [0.1, 0.15) is 12.4 Å². The molecule has 2 unspecified atom stereocenters. The molecule has 1 aliphatic carbocycles. The van der Waals surface area contributed by atoms with Crippen LogP contribution in [0.15, 0.2) is 24.3 Å². The van der Waals surface area contributed by atoms with Crippen LogP contribution < -0.4 is 10.5 Å². The molecule has 1 saturated carbocycles. The Bertz CT molecular complexity index is 435. The monoisotopic (exact) mass is 274 g/mol. The van der Waals surface area contributed by atoms with Crippen molar-refractivity contribution in [3.63, 3.8) is 0 Å². The first kappa shape index (κ1) is 13.9. The fraction of sp³-hybridized carbons (Fsp3) is 0.647. The molecule has 0 radical (unpaired) electrons. The normalized spacial score (nSPS) is 27.4. The predicted octanol–water partition coefficient (Wildman–Crippen LogP) is 2.65. The fourth-order valence-corrected chi connectivity index (χ4v) is 3.70. The number of nitrogens with two attached hydrogens (primary N) is 1. The Balaban J connectivity index is 1.65. The molecule has 2 atom stereocenters. The first-order chi connectivity index (χ1) is 9.86. The van der Waals surface area contributed by atoms with Crippen molar-refractivity contribution in [2.24, 2.45) is 17.6 Å². The average Bonchev–Trinajstić information content (AvgIpc) is 2.69. The Hall–Kier alpha value is -1.06. The molecule has 1 aliphatic heterocycles. The van der Waals surface area contributed by atoms with Gasteiger partial charge < -0.3 is 10.5 Å². The van der Waals surface area contributed by atoms with Crippen LogP contribution in [0.4, 0.5) is 0 Å². The summed E-state index contributed by atoms with van der Waals surface area (Å²) in [6.07, 6.45) is 5.41. The number of rotatable bonds is 3. The lowest BCUT2D eigenvalue weighted by molar-refractivity contribution is 0.141. The van der Waals surface area contributed by atoms with E-state index < -0.39 is 0 Å². The van der Waals surface area contributed by atoms with E-state index in [4.69, 9.17) is 10.5 Å². The van der Waals surface area contributed by atoms with Crippen LogP contribution >= 0.6 is 0 Å². The number of hydrogen-bond donors (Lipinski definition) is 1. The van der Waals surface area contributed by atoms with Crippen LogP contribution in [0.5, 0.6) is 5.75 Å². The van der Waals surface area contributed by atoms with E-state index in [2.05, 4.69) is 29.2 Å². The molecular formula is C17H26N2O. The second kappa shape index (κ2) is 6.59. The topological polar surface area (TPSA) is 38.5 Å². The maximum atomic E-state index is 5.96. The van der Waals surface area contributed by atoms with Crippen molar-refractivity contribution in [3.05, 3.63) is 29.8 Å². The molecule has 0 saturated heterocycles. The summed E-state index contributed by atoms with van der Waals surface area (Å²) in [4.78, 5) is 2.56. The van der Waals surface area contributed by atoms with Gasteiger partial charge in [0.05, 0.1) is 0 Å². The van der Waals surface area contributed by atoms with E-state index in [0.29, 0.717) is 0 Å². The molecule has 0 bridgehead atoms. The predicted molar refractivity (Wildman–Crippen MR) is 81.7 cm³/mol. The SMILES string of the molecule is NCC1CCCCC1CN1CCOc2ccccc2C1. The quantitative estimate of drug-likeness (QED) is 0.921. The van der Waals surface area contributed by atoms with Gasteiger partial charge in [0.2, 0.25) is 0 Å². The molecule has 3 nitrogen and oxygen atoms in total. The van der Waals surface area contributed by atoms with Crippen molar-refractivity contribution in [1.82, 2.24) is 4.90 Å². The van der Waals surface area contributed by atoms with Crippen molar-refractivity contribution >= 4 is 0 Å². The Morgan fingerprint density at radius 1 is 1.15 bits per heavy atom. The third kappa shape index (κ3) is 3.15. The number of benzene rings is 1. The third-order valence-electron chi connectivity index (χ3n) is 4.89. The minimum atomic E-state index is 0.725. The maximum Gasteiger partial charge on any atom is 0.123 e. The highest BCUT2D eigenvalue weighted by molar-refractivity contribution is 5.33. The van der Waals surface area contributed by atoms with Crippen molar-refractivity contribution in [2.45, 2.75) is 32.2 Å².